The Kier molecular flexibility index (Phi) is 4.14. The molecule has 88 valence electrons. The Morgan fingerprint density at radius 3 is 2.53 bits per heavy atom. The number of carbonyl (C=O) groups is 1. The van der Waals surface area contributed by atoms with E-state index < -0.39 is 5.54 Å². The highest BCUT2D eigenvalue weighted by Gasteiger charge is 2.29. The number of hydrogen-bond acceptors (Lipinski definition) is 2. The summed E-state index contributed by atoms with van der Waals surface area (Å²) in [7, 11) is 0. The Labute approximate surface area is 93.0 Å². The molecule has 15 heavy (non-hydrogen) atoms. The van der Waals surface area contributed by atoms with Gasteiger partial charge >= 0.3 is 0 Å². The van der Waals surface area contributed by atoms with Crippen LogP contribution in [0.4, 0.5) is 0 Å². The van der Waals surface area contributed by atoms with Gasteiger partial charge in [-0.2, -0.15) is 0 Å². The third kappa shape index (κ3) is 4.20. The largest absolute Gasteiger partial charge is 0.352 e. The second kappa shape index (κ2) is 4.97. The van der Waals surface area contributed by atoms with Crippen LogP contribution in [0.1, 0.15) is 47.0 Å². The summed E-state index contributed by atoms with van der Waals surface area (Å²) >= 11 is 0. The summed E-state index contributed by atoms with van der Waals surface area (Å²) in [6.45, 7) is 8.78. The first-order valence-electron chi connectivity index (χ1n) is 6.01. The van der Waals surface area contributed by atoms with Gasteiger partial charge in [-0.25, -0.2) is 0 Å². The van der Waals surface area contributed by atoms with Crippen molar-refractivity contribution in [3.05, 3.63) is 0 Å². The minimum absolute atomic E-state index is 0.109. The van der Waals surface area contributed by atoms with E-state index in [9.17, 15) is 4.79 Å². The molecule has 1 unspecified atom stereocenters. The Hall–Kier alpha value is -0.570. The van der Waals surface area contributed by atoms with Crippen molar-refractivity contribution >= 4 is 5.91 Å². The predicted octanol–water partition coefficient (Wildman–Crippen LogP) is 1.68. The lowest BCUT2D eigenvalue weighted by atomic mass is 10.0. The molecular weight excluding hydrogens is 188 g/mol. The van der Waals surface area contributed by atoms with Gasteiger partial charge in [0.05, 0.1) is 5.54 Å². The van der Waals surface area contributed by atoms with Crippen LogP contribution in [0.2, 0.25) is 0 Å². The molecule has 3 nitrogen and oxygen atoms in total. The monoisotopic (exact) mass is 212 g/mol. The first kappa shape index (κ1) is 12.5. The molecule has 1 saturated carbocycles. The van der Waals surface area contributed by atoms with Crippen LogP contribution in [0.5, 0.6) is 0 Å². The van der Waals surface area contributed by atoms with E-state index >= 15 is 0 Å². The van der Waals surface area contributed by atoms with Gasteiger partial charge in [0.1, 0.15) is 0 Å². The second-order valence-electron chi connectivity index (χ2n) is 5.21. The average molecular weight is 212 g/mol. The fraction of sp³-hybridized carbons (Fsp3) is 0.917. The number of amides is 1. The Balaban J connectivity index is 2.31. The van der Waals surface area contributed by atoms with Crippen molar-refractivity contribution in [3.8, 4) is 0 Å². The molecule has 1 atom stereocenters. The van der Waals surface area contributed by atoms with Gasteiger partial charge in [0.25, 0.3) is 0 Å². The molecule has 0 aliphatic heterocycles. The van der Waals surface area contributed by atoms with E-state index in [1.165, 1.54) is 12.8 Å². The average Bonchev–Trinajstić information content (AvgIpc) is 2.87. The van der Waals surface area contributed by atoms with Crippen LogP contribution in [-0.2, 0) is 4.79 Å². The van der Waals surface area contributed by atoms with Crippen LogP contribution in [-0.4, -0.2) is 24.0 Å². The predicted molar refractivity (Wildman–Crippen MR) is 62.7 cm³/mol. The summed E-state index contributed by atoms with van der Waals surface area (Å²) < 4.78 is 0. The van der Waals surface area contributed by atoms with Crippen molar-refractivity contribution in [1.82, 2.24) is 10.6 Å². The summed E-state index contributed by atoms with van der Waals surface area (Å²) in [4.78, 5) is 11.9. The molecule has 3 heteroatoms. The maximum Gasteiger partial charge on any atom is 0.239 e. The molecule has 1 rings (SSSR count). The van der Waals surface area contributed by atoms with E-state index in [-0.39, 0.29) is 5.91 Å². The van der Waals surface area contributed by atoms with Crippen LogP contribution in [0.25, 0.3) is 0 Å². The molecule has 1 fully saturated rings. The van der Waals surface area contributed by atoms with Gasteiger partial charge in [-0.1, -0.05) is 19.8 Å². The van der Waals surface area contributed by atoms with Crippen LogP contribution in [0.3, 0.4) is 0 Å². The highest BCUT2D eigenvalue weighted by molar-refractivity contribution is 5.85. The van der Waals surface area contributed by atoms with Gasteiger partial charge in [0.2, 0.25) is 5.91 Å². The van der Waals surface area contributed by atoms with Crippen LogP contribution in [0, 0.1) is 5.92 Å². The van der Waals surface area contributed by atoms with Crippen molar-refractivity contribution in [3.63, 3.8) is 0 Å². The zero-order valence-electron chi connectivity index (χ0n) is 10.4. The van der Waals surface area contributed by atoms with Gasteiger partial charge in [0, 0.05) is 6.04 Å². The summed E-state index contributed by atoms with van der Waals surface area (Å²) in [5, 5.41) is 6.26. The fourth-order valence-electron chi connectivity index (χ4n) is 1.84. The molecule has 1 amide bonds. The highest BCUT2D eigenvalue weighted by Crippen LogP contribution is 2.33. The number of hydrogen-bond donors (Lipinski definition) is 2. The first-order valence-corrected chi connectivity index (χ1v) is 6.01. The summed E-state index contributed by atoms with van der Waals surface area (Å²) in [5.74, 6) is 0.972. The Bertz CT molecular complexity index is 222. The molecule has 0 aromatic rings. The minimum Gasteiger partial charge on any atom is -0.352 e. The van der Waals surface area contributed by atoms with Gasteiger partial charge in [-0.05, 0) is 39.7 Å². The maximum atomic E-state index is 11.9. The molecule has 0 radical (unpaired) electrons. The van der Waals surface area contributed by atoms with Crippen LogP contribution in [0.15, 0.2) is 0 Å². The third-order valence-electron chi connectivity index (χ3n) is 2.95. The normalized spacial score (nSPS) is 18.7. The molecule has 0 bridgehead atoms. The first-order chi connectivity index (χ1) is 6.95. The summed E-state index contributed by atoms with van der Waals surface area (Å²) in [6.07, 6.45) is 3.82. The molecule has 0 aromatic heterocycles. The molecule has 0 heterocycles. The molecule has 0 saturated heterocycles. The van der Waals surface area contributed by atoms with Gasteiger partial charge in [-0.3, -0.25) is 4.79 Å². The second-order valence-corrected chi connectivity index (χ2v) is 5.21. The topological polar surface area (TPSA) is 41.1 Å². The van der Waals surface area contributed by atoms with Gasteiger partial charge in [0.15, 0.2) is 0 Å². The third-order valence-corrected chi connectivity index (χ3v) is 2.95. The van der Waals surface area contributed by atoms with Crippen molar-refractivity contribution < 1.29 is 4.79 Å². The lowest BCUT2D eigenvalue weighted by Crippen LogP contribution is -2.54. The van der Waals surface area contributed by atoms with Crippen LogP contribution >= 0.6 is 0 Å². The van der Waals surface area contributed by atoms with Gasteiger partial charge in [-0.15, -0.1) is 0 Å². The standard InChI is InChI=1S/C12H24N2O/c1-5-13-12(3,4)11(15)14-9(2)8-10-6-7-10/h9-10,13H,5-8H2,1-4H3,(H,14,15). The number of rotatable bonds is 6. The van der Waals surface area contributed by atoms with E-state index in [1.807, 2.05) is 20.8 Å². The lowest BCUT2D eigenvalue weighted by molar-refractivity contribution is -0.127. The van der Waals surface area contributed by atoms with E-state index in [1.54, 1.807) is 0 Å². The zero-order valence-corrected chi connectivity index (χ0v) is 10.4. The van der Waals surface area contributed by atoms with E-state index in [2.05, 4.69) is 17.6 Å². The fourth-order valence-corrected chi connectivity index (χ4v) is 1.84. The SMILES string of the molecule is CCNC(C)(C)C(=O)NC(C)CC1CC1. The highest BCUT2D eigenvalue weighted by atomic mass is 16.2. The van der Waals surface area contributed by atoms with Crippen LogP contribution < -0.4 is 10.6 Å². The molecule has 0 aromatic carbocycles. The number of likely N-dealkylation sites (N-methyl/N-ethyl adjacent to an activating group) is 1. The van der Waals surface area contributed by atoms with E-state index in [0.29, 0.717) is 6.04 Å². The lowest BCUT2D eigenvalue weighted by Gasteiger charge is -2.26. The smallest absolute Gasteiger partial charge is 0.239 e. The molecule has 1 aliphatic carbocycles. The van der Waals surface area contributed by atoms with Gasteiger partial charge < -0.3 is 10.6 Å². The molecule has 0 spiro atoms. The number of nitrogens with one attached hydrogen (secondary N) is 2. The maximum absolute atomic E-state index is 11.9. The zero-order chi connectivity index (χ0) is 11.5. The van der Waals surface area contributed by atoms with Crippen molar-refractivity contribution in [2.75, 3.05) is 6.54 Å². The van der Waals surface area contributed by atoms with Crippen molar-refractivity contribution in [2.45, 2.75) is 58.5 Å². The van der Waals surface area contributed by atoms with E-state index in [0.717, 1.165) is 18.9 Å². The molecule has 1 aliphatic rings. The molecular formula is C12H24N2O. The minimum atomic E-state index is -0.452. The summed E-state index contributed by atoms with van der Waals surface area (Å²) in [5.41, 5.74) is -0.452. The van der Waals surface area contributed by atoms with Crippen molar-refractivity contribution in [2.24, 2.45) is 5.92 Å². The van der Waals surface area contributed by atoms with E-state index in [4.69, 9.17) is 0 Å². The Morgan fingerprint density at radius 1 is 1.47 bits per heavy atom. The van der Waals surface area contributed by atoms with Crippen molar-refractivity contribution in [1.29, 1.82) is 0 Å². The molecule has 2 N–H and O–H groups in total. The summed E-state index contributed by atoms with van der Waals surface area (Å²) in [6, 6.07) is 0.308. The Morgan fingerprint density at radius 2 is 2.07 bits per heavy atom. The number of carbonyl (C=O) groups excluding carboxylic acids is 1. The quantitative estimate of drug-likeness (QED) is 0.703.